The van der Waals surface area contributed by atoms with Crippen molar-refractivity contribution in [2.45, 2.75) is 25.4 Å². The first-order chi connectivity index (χ1) is 8.99. The van der Waals surface area contributed by atoms with Crippen LogP contribution in [-0.2, 0) is 10.4 Å². The highest BCUT2D eigenvalue weighted by Gasteiger charge is 2.26. The van der Waals surface area contributed by atoms with E-state index in [0.717, 1.165) is 12.8 Å². The Kier molecular flexibility index (Phi) is 4.00. The number of carbonyl (C=O) groups excluding carboxylic acids is 1. The molecule has 0 bridgehead atoms. The van der Waals surface area contributed by atoms with E-state index in [1.165, 1.54) is 24.3 Å². The number of halogens is 1. The van der Waals surface area contributed by atoms with Crippen LogP contribution in [0.5, 0.6) is 0 Å². The van der Waals surface area contributed by atoms with Gasteiger partial charge in [-0.05, 0) is 37.5 Å². The van der Waals surface area contributed by atoms with Gasteiger partial charge >= 0.3 is 0 Å². The van der Waals surface area contributed by atoms with Crippen molar-refractivity contribution >= 4 is 5.91 Å². The van der Waals surface area contributed by atoms with Crippen molar-refractivity contribution in [2.24, 2.45) is 5.92 Å². The fourth-order valence-electron chi connectivity index (χ4n) is 2.15. The van der Waals surface area contributed by atoms with Crippen LogP contribution in [0.15, 0.2) is 36.4 Å². The van der Waals surface area contributed by atoms with Crippen LogP contribution < -0.4 is 5.32 Å². The van der Waals surface area contributed by atoms with E-state index in [0.29, 0.717) is 5.56 Å². The summed E-state index contributed by atoms with van der Waals surface area (Å²) < 4.78 is 12.8. The van der Waals surface area contributed by atoms with Crippen LogP contribution >= 0.6 is 0 Å². The predicted octanol–water partition coefficient (Wildman–Crippen LogP) is 2.12. The van der Waals surface area contributed by atoms with Crippen molar-refractivity contribution in [3.05, 3.63) is 47.8 Å². The number of allylic oxidation sites excluding steroid dienone is 2. The Morgan fingerprint density at radius 1 is 1.37 bits per heavy atom. The molecule has 0 radical (unpaired) electrons. The summed E-state index contributed by atoms with van der Waals surface area (Å²) in [4.78, 5) is 11.9. The van der Waals surface area contributed by atoms with Crippen molar-refractivity contribution in [3.63, 3.8) is 0 Å². The number of rotatable bonds is 4. The number of benzene rings is 1. The molecular weight excluding hydrogens is 245 g/mol. The van der Waals surface area contributed by atoms with E-state index in [2.05, 4.69) is 5.32 Å². The molecule has 1 unspecified atom stereocenters. The molecule has 0 spiro atoms. The summed E-state index contributed by atoms with van der Waals surface area (Å²) in [5.41, 5.74) is -0.617. The van der Waals surface area contributed by atoms with Gasteiger partial charge in [-0.3, -0.25) is 4.79 Å². The lowest BCUT2D eigenvalue weighted by molar-refractivity contribution is -0.125. The first kappa shape index (κ1) is 13.7. The third-order valence-corrected chi connectivity index (χ3v) is 3.45. The van der Waals surface area contributed by atoms with Crippen LogP contribution in [-0.4, -0.2) is 17.6 Å². The van der Waals surface area contributed by atoms with Gasteiger partial charge in [0.1, 0.15) is 11.4 Å². The molecule has 1 aliphatic rings. The Balaban J connectivity index is 1.93. The zero-order chi connectivity index (χ0) is 13.9. The zero-order valence-corrected chi connectivity index (χ0v) is 10.9. The monoisotopic (exact) mass is 263 g/mol. The van der Waals surface area contributed by atoms with E-state index in [-0.39, 0.29) is 24.2 Å². The van der Waals surface area contributed by atoms with Crippen molar-refractivity contribution < 1.29 is 14.3 Å². The molecule has 102 valence electrons. The first-order valence-electron chi connectivity index (χ1n) is 6.40. The molecule has 19 heavy (non-hydrogen) atoms. The number of nitrogens with one attached hydrogen (secondary N) is 1. The Bertz CT molecular complexity index is 471. The van der Waals surface area contributed by atoms with Gasteiger partial charge in [0.15, 0.2) is 0 Å². The minimum absolute atomic E-state index is 0.0241. The third kappa shape index (κ3) is 3.41. The number of hydrogen-bond donors (Lipinski definition) is 2. The molecule has 0 fully saturated rings. The number of carbonyl (C=O) groups is 1. The lowest BCUT2D eigenvalue weighted by Gasteiger charge is -2.25. The molecule has 2 rings (SSSR count). The highest BCUT2D eigenvalue weighted by Crippen LogP contribution is 2.21. The SMILES string of the molecule is CC(O)(CNC(=O)C1CC=CC1)c1ccc(F)cc1. The average molecular weight is 263 g/mol. The maximum atomic E-state index is 12.8. The Morgan fingerprint density at radius 3 is 2.53 bits per heavy atom. The average Bonchev–Trinajstić information content (AvgIpc) is 2.90. The molecule has 1 atom stereocenters. The van der Waals surface area contributed by atoms with Crippen LogP contribution in [0.1, 0.15) is 25.3 Å². The molecular formula is C15H18FNO2. The fourth-order valence-corrected chi connectivity index (χ4v) is 2.15. The summed E-state index contributed by atoms with van der Waals surface area (Å²) in [6.45, 7) is 1.72. The second kappa shape index (κ2) is 5.53. The molecule has 0 saturated carbocycles. The summed E-state index contributed by atoms with van der Waals surface area (Å²) in [7, 11) is 0. The molecule has 3 nitrogen and oxygen atoms in total. The summed E-state index contributed by atoms with van der Waals surface area (Å²) in [5.74, 6) is -0.419. The second-order valence-electron chi connectivity index (χ2n) is 5.14. The topological polar surface area (TPSA) is 49.3 Å². The molecule has 1 aromatic rings. The lowest BCUT2D eigenvalue weighted by atomic mass is 9.95. The Morgan fingerprint density at radius 2 is 1.95 bits per heavy atom. The minimum Gasteiger partial charge on any atom is -0.384 e. The van der Waals surface area contributed by atoms with Crippen LogP contribution in [0.3, 0.4) is 0 Å². The standard InChI is InChI=1S/C15H18FNO2/c1-15(19,12-6-8-13(16)9-7-12)10-17-14(18)11-4-2-3-5-11/h2-3,6-9,11,19H,4-5,10H2,1H3,(H,17,18). The quantitative estimate of drug-likeness (QED) is 0.817. The molecule has 0 aliphatic heterocycles. The van der Waals surface area contributed by atoms with Gasteiger partial charge in [0.25, 0.3) is 0 Å². The molecule has 4 heteroatoms. The van der Waals surface area contributed by atoms with Crippen LogP contribution in [0, 0.1) is 11.7 Å². The van der Waals surface area contributed by atoms with E-state index < -0.39 is 5.60 Å². The summed E-state index contributed by atoms with van der Waals surface area (Å²) in [5, 5.41) is 13.1. The lowest BCUT2D eigenvalue weighted by Crippen LogP contribution is -2.40. The van der Waals surface area contributed by atoms with Gasteiger partial charge in [-0.2, -0.15) is 0 Å². The molecule has 1 amide bonds. The Labute approximate surface area is 112 Å². The van der Waals surface area contributed by atoms with Crippen molar-refractivity contribution in [2.75, 3.05) is 6.54 Å². The van der Waals surface area contributed by atoms with E-state index in [4.69, 9.17) is 0 Å². The molecule has 1 aromatic carbocycles. The predicted molar refractivity (Wildman–Crippen MR) is 70.8 cm³/mol. The smallest absolute Gasteiger partial charge is 0.223 e. The van der Waals surface area contributed by atoms with E-state index >= 15 is 0 Å². The van der Waals surface area contributed by atoms with Gasteiger partial charge in [0.2, 0.25) is 5.91 Å². The molecule has 0 heterocycles. The zero-order valence-electron chi connectivity index (χ0n) is 10.9. The highest BCUT2D eigenvalue weighted by atomic mass is 19.1. The van der Waals surface area contributed by atoms with Gasteiger partial charge < -0.3 is 10.4 Å². The van der Waals surface area contributed by atoms with Crippen molar-refractivity contribution in [1.82, 2.24) is 5.32 Å². The fraction of sp³-hybridized carbons (Fsp3) is 0.400. The van der Waals surface area contributed by atoms with Gasteiger partial charge in [0, 0.05) is 5.92 Å². The number of amides is 1. The minimum atomic E-state index is -1.20. The Hall–Kier alpha value is -1.68. The normalized spacial score (nSPS) is 18.3. The second-order valence-corrected chi connectivity index (χ2v) is 5.14. The number of aliphatic hydroxyl groups is 1. The largest absolute Gasteiger partial charge is 0.384 e. The van der Waals surface area contributed by atoms with Gasteiger partial charge in [-0.1, -0.05) is 24.3 Å². The van der Waals surface area contributed by atoms with E-state index in [1.54, 1.807) is 6.92 Å². The maximum absolute atomic E-state index is 12.8. The molecule has 0 aromatic heterocycles. The highest BCUT2D eigenvalue weighted by molar-refractivity contribution is 5.79. The first-order valence-corrected chi connectivity index (χ1v) is 6.40. The molecule has 2 N–H and O–H groups in total. The summed E-state index contributed by atoms with van der Waals surface area (Å²) >= 11 is 0. The molecule has 0 saturated heterocycles. The molecule has 1 aliphatic carbocycles. The van der Waals surface area contributed by atoms with Gasteiger partial charge in [0.05, 0.1) is 6.54 Å². The van der Waals surface area contributed by atoms with Crippen molar-refractivity contribution in [1.29, 1.82) is 0 Å². The van der Waals surface area contributed by atoms with Crippen LogP contribution in [0.25, 0.3) is 0 Å². The third-order valence-electron chi connectivity index (χ3n) is 3.45. The summed E-state index contributed by atoms with van der Waals surface area (Å²) in [6.07, 6.45) is 5.49. The van der Waals surface area contributed by atoms with Crippen LogP contribution in [0.2, 0.25) is 0 Å². The van der Waals surface area contributed by atoms with Crippen molar-refractivity contribution in [3.8, 4) is 0 Å². The number of hydrogen-bond acceptors (Lipinski definition) is 2. The maximum Gasteiger partial charge on any atom is 0.223 e. The van der Waals surface area contributed by atoms with Crippen LogP contribution in [0.4, 0.5) is 4.39 Å². The van der Waals surface area contributed by atoms with E-state index in [9.17, 15) is 14.3 Å². The van der Waals surface area contributed by atoms with Gasteiger partial charge in [-0.25, -0.2) is 4.39 Å². The van der Waals surface area contributed by atoms with E-state index in [1.807, 2.05) is 12.2 Å². The summed E-state index contributed by atoms with van der Waals surface area (Å²) in [6, 6.07) is 5.65. The van der Waals surface area contributed by atoms with Gasteiger partial charge in [-0.15, -0.1) is 0 Å².